The number of likely N-dealkylation sites (tertiary alicyclic amines) is 1. The van der Waals surface area contributed by atoms with Crippen LogP contribution in [-0.2, 0) is 6.54 Å². The minimum absolute atomic E-state index is 0.326. The monoisotopic (exact) mass is 388 g/mol. The van der Waals surface area contributed by atoms with Gasteiger partial charge in [-0.05, 0) is 72.5 Å². The number of pyridine rings is 1. The summed E-state index contributed by atoms with van der Waals surface area (Å²) >= 11 is 6.02. The molecule has 1 saturated heterocycles. The average Bonchev–Trinajstić information content (AvgIpc) is 3.36. The van der Waals surface area contributed by atoms with E-state index in [1.165, 1.54) is 23.1 Å². The van der Waals surface area contributed by atoms with E-state index in [-0.39, 0.29) is 0 Å². The molecule has 140 valence electrons. The predicted octanol–water partition coefficient (Wildman–Crippen LogP) is 5.62. The number of fused-ring (bicyclic) bond motifs is 1. The van der Waals surface area contributed by atoms with Crippen LogP contribution in [0.1, 0.15) is 30.3 Å². The van der Waals surface area contributed by atoms with Crippen LogP contribution in [-0.4, -0.2) is 26.4 Å². The van der Waals surface area contributed by atoms with E-state index in [2.05, 4.69) is 45.2 Å². The van der Waals surface area contributed by atoms with E-state index in [9.17, 15) is 0 Å². The van der Waals surface area contributed by atoms with E-state index >= 15 is 0 Å². The van der Waals surface area contributed by atoms with Crippen molar-refractivity contribution in [3.63, 3.8) is 0 Å². The molecule has 5 rings (SSSR count). The molecule has 3 heterocycles. The third kappa shape index (κ3) is 3.41. The molecule has 1 aliphatic rings. The summed E-state index contributed by atoms with van der Waals surface area (Å²) in [6.45, 7) is 2.01. The zero-order chi connectivity index (χ0) is 18.9. The number of nitrogens with one attached hydrogen (secondary N) is 1. The molecule has 0 amide bonds. The number of H-pyrrole nitrogens is 1. The molecule has 0 bridgehead atoms. The summed E-state index contributed by atoms with van der Waals surface area (Å²) in [4.78, 5) is 15.1. The van der Waals surface area contributed by atoms with Crippen LogP contribution in [0.2, 0.25) is 5.02 Å². The maximum absolute atomic E-state index is 6.02. The fourth-order valence-electron chi connectivity index (χ4n) is 4.06. The third-order valence-corrected chi connectivity index (χ3v) is 5.74. The summed E-state index contributed by atoms with van der Waals surface area (Å²) in [6.07, 6.45) is 5.97. The first kappa shape index (κ1) is 17.4. The van der Waals surface area contributed by atoms with Gasteiger partial charge in [0.1, 0.15) is 5.82 Å². The number of imidazole rings is 1. The zero-order valence-corrected chi connectivity index (χ0v) is 16.2. The van der Waals surface area contributed by atoms with Crippen LogP contribution < -0.4 is 0 Å². The van der Waals surface area contributed by atoms with Gasteiger partial charge in [0, 0.05) is 24.0 Å². The van der Waals surface area contributed by atoms with Gasteiger partial charge in [0.15, 0.2) is 0 Å². The SMILES string of the molecule is Clc1ccc(CN2CCC[C@H]2c2nc3ccc(-c4ccncc4)cc3[nH]2)cc1. The van der Waals surface area contributed by atoms with Crippen LogP contribution in [0.25, 0.3) is 22.2 Å². The van der Waals surface area contributed by atoms with Gasteiger partial charge >= 0.3 is 0 Å². The molecule has 0 saturated carbocycles. The van der Waals surface area contributed by atoms with Gasteiger partial charge in [-0.3, -0.25) is 9.88 Å². The lowest BCUT2D eigenvalue weighted by atomic mass is 10.1. The molecular weight excluding hydrogens is 368 g/mol. The quantitative estimate of drug-likeness (QED) is 0.493. The number of benzene rings is 2. The minimum atomic E-state index is 0.326. The van der Waals surface area contributed by atoms with Crippen molar-refractivity contribution in [2.75, 3.05) is 6.54 Å². The van der Waals surface area contributed by atoms with Crippen molar-refractivity contribution in [1.82, 2.24) is 19.9 Å². The van der Waals surface area contributed by atoms with Crippen molar-refractivity contribution < 1.29 is 0 Å². The highest BCUT2D eigenvalue weighted by Crippen LogP contribution is 2.33. The van der Waals surface area contributed by atoms with Crippen molar-refractivity contribution >= 4 is 22.6 Å². The third-order valence-electron chi connectivity index (χ3n) is 5.49. The first-order valence-electron chi connectivity index (χ1n) is 9.65. The van der Waals surface area contributed by atoms with Crippen molar-refractivity contribution in [3.8, 4) is 11.1 Å². The summed E-state index contributed by atoms with van der Waals surface area (Å²) in [5.74, 6) is 1.06. The molecule has 28 heavy (non-hydrogen) atoms. The van der Waals surface area contributed by atoms with Crippen molar-refractivity contribution in [2.45, 2.75) is 25.4 Å². The Bertz CT molecular complexity index is 1090. The first-order chi connectivity index (χ1) is 13.8. The van der Waals surface area contributed by atoms with Gasteiger partial charge in [-0.25, -0.2) is 4.98 Å². The van der Waals surface area contributed by atoms with Crippen LogP contribution in [0.3, 0.4) is 0 Å². The number of aromatic amines is 1. The van der Waals surface area contributed by atoms with E-state index in [0.717, 1.165) is 41.4 Å². The molecule has 0 aliphatic carbocycles. The lowest BCUT2D eigenvalue weighted by Crippen LogP contribution is -2.23. The normalized spacial score (nSPS) is 17.4. The molecule has 4 nitrogen and oxygen atoms in total. The van der Waals surface area contributed by atoms with Gasteiger partial charge in [0.25, 0.3) is 0 Å². The van der Waals surface area contributed by atoms with E-state index in [1.807, 2.05) is 36.7 Å². The Balaban J connectivity index is 1.42. The lowest BCUT2D eigenvalue weighted by molar-refractivity contribution is 0.241. The molecule has 0 radical (unpaired) electrons. The molecule has 1 fully saturated rings. The van der Waals surface area contributed by atoms with Gasteiger partial charge in [0.2, 0.25) is 0 Å². The van der Waals surface area contributed by atoms with Crippen LogP contribution in [0, 0.1) is 0 Å². The molecule has 2 aromatic heterocycles. The van der Waals surface area contributed by atoms with Crippen molar-refractivity contribution in [1.29, 1.82) is 0 Å². The summed E-state index contributed by atoms with van der Waals surface area (Å²) in [6, 6.07) is 18.9. The largest absolute Gasteiger partial charge is 0.341 e. The van der Waals surface area contributed by atoms with E-state index in [1.54, 1.807) is 0 Å². The Morgan fingerprint density at radius 1 is 1.00 bits per heavy atom. The van der Waals surface area contributed by atoms with Crippen LogP contribution in [0.5, 0.6) is 0 Å². The Morgan fingerprint density at radius 2 is 1.82 bits per heavy atom. The Hall–Kier alpha value is -2.69. The number of halogens is 1. The zero-order valence-electron chi connectivity index (χ0n) is 15.5. The minimum Gasteiger partial charge on any atom is -0.341 e. The molecule has 4 aromatic rings. The van der Waals surface area contributed by atoms with Gasteiger partial charge in [0.05, 0.1) is 17.1 Å². The summed E-state index contributed by atoms with van der Waals surface area (Å²) in [5.41, 5.74) is 5.73. The maximum atomic E-state index is 6.02. The molecule has 1 aliphatic heterocycles. The standard InChI is InChI=1S/C23H21ClN4/c24-19-6-3-16(4-7-19)15-28-13-1-2-22(28)23-26-20-8-5-18(14-21(20)27-23)17-9-11-25-12-10-17/h3-12,14,22H,1-2,13,15H2,(H,26,27)/t22-/m0/s1. The van der Waals surface area contributed by atoms with Gasteiger partial charge in [-0.2, -0.15) is 0 Å². The molecular formula is C23H21ClN4. The second-order valence-corrected chi connectivity index (χ2v) is 7.78. The predicted molar refractivity (Wildman–Crippen MR) is 113 cm³/mol. The Kier molecular flexibility index (Phi) is 4.59. The number of rotatable bonds is 4. The highest BCUT2D eigenvalue weighted by Gasteiger charge is 2.28. The van der Waals surface area contributed by atoms with E-state index < -0.39 is 0 Å². The first-order valence-corrected chi connectivity index (χ1v) is 10.0. The molecule has 5 heteroatoms. The smallest absolute Gasteiger partial charge is 0.124 e. The van der Waals surface area contributed by atoms with Crippen LogP contribution in [0.15, 0.2) is 67.0 Å². The average molecular weight is 389 g/mol. The Morgan fingerprint density at radius 3 is 2.64 bits per heavy atom. The number of aromatic nitrogens is 3. The maximum Gasteiger partial charge on any atom is 0.124 e. The molecule has 1 N–H and O–H groups in total. The molecule has 2 aromatic carbocycles. The lowest BCUT2D eigenvalue weighted by Gasteiger charge is -2.22. The van der Waals surface area contributed by atoms with Crippen molar-refractivity contribution in [3.05, 3.63) is 83.4 Å². The fourth-order valence-corrected chi connectivity index (χ4v) is 4.19. The van der Waals surface area contributed by atoms with Crippen LogP contribution >= 0.6 is 11.6 Å². The summed E-state index contributed by atoms with van der Waals surface area (Å²) < 4.78 is 0. The van der Waals surface area contributed by atoms with Gasteiger partial charge in [-0.15, -0.1) is 0 Å². The highest BCUT2D eigenvalue weighted by atomic mass is 35.5. The Labute approximate surface area is 169 Å². The second-order valence-electron chi connectivity index (χ2n) is 7.34. The van der Waals surface area contributed by atoms with Gasteiger partial charge in [-0.1, -0.05) is 29.8 Å². The van der Waals surface area contributed by atoms with Crippen LogP contribution in [0.4, 0.5) is 0 Å². The van der Waals surface area contributed by atoms with Crippen molar-refractivity contribution in [2.24, 2.45) is 0 Å². The second kappa shape index (κ2) is 7.38. The molecule has 0 unspecified atom stereocenters. The molecule has 1 atom stereocenters. The molecule has 0 spiro atoms. The van der Waals surface area contributed by atoms with E-state index in [4.69, 9.17) is 16.6 Å². The number of hydrogen-bond donors (Lipinski definition) is 1. The summed E-state index contributed by atoms with van der Waals surface area (Å²) in [7, 11) is 0. The fraction of sp³-hybridized carbons (Fsp3) is 0.217. The topological polar surface area (TPSA) is 44.8 Å². The number of nitrogens with zero attached hydrogens (tertiary/aromatic N) is 3. The van der Waals surface area contributed by atoms with Gasteiger partial charge < -0.3 is 4.98 Å². The highest BCUT2D eigenvalue weighted by molar-refractivity contribution is 6.30. The number of hydrogen-bond acceptors (Lipinski definition) is 3. The van der Waals surface area contributed by atoms with E-state index in [0.29, 0.717) is 6.04 Å². The summed E-state index contributed by atoms with van der Waals surface area (Å²) in [5, 5.41) is 0.781.